The van der Waals surface area contributed by atoms with Crippen molar-refractivity contribution in [3.8, 4) is 5.75 Å². The Labute approximate surface area is 137 Å². The number of hydrogen-bond acceptors (Lipinski definition) is 4. The molecular weight excluding hydrogens is 286 g/mol. The van der Waals surface area contributed by atoms with Gasteiger partial charge in [0.1, 0.15) is 5.75 Å². The van der Waals surface area contributed by atoms with Crippen LogP contribution in [-0.4, -0.2) is 19.4 Å². The lowest BCUT2D eigenvalue weighted by molar-refractivity contribution is 0.414. The molecule has 0 bridgehead atoms. The van der Waals surface area contributed by atoms with Gasteiger partial charge in [-0.2, -0.15) is 5.10 Å². The molecule has 1 heterocycles. The minimum atomic E-state index is 0.157. The highest BCUT2D eigenvalue weighted by Gasteiger charge is 2.29. The minimum absolute atomic E-state index is 0.157. The second-order valence-electron chi connectivity index (χ2n) is 5.93. The zero-order chi connectivity index (χ0) is 16.4. The molecule has 23 heavy (non-hydrogen) atoms. The maximum Gasteiger partial charge on any atom is 0.119 e. The molecule has 3 rings (SSSR count). The molecule has 0 radical (unpaired) electrons. The molecule has 0 amide bonds. The average Bonchev–Trinajstić information content (AvgIpc) is 3.01. The lowest BCUT2D eigenvalue weighted by Gasteiger charge is -2.26. The predicted octanol–water partition coefficient (Wildman–Crippen LogP) is 3.58. The van der Waals surface area contributed by atoms with Crippen molar-refractivity contribution in [3.05, 3.63) is 59.2 Å². The summed E-state index contributed by atoms with van der Waals surface area (Å²) in [5.41, 5.74) is 11.7. The first kappa shape index (κ1) is 15.6. The Balaban J connectivity index is 2.04. The third-order valence-electron chi connectivity index (χ3n) is 4.51. The number of aryl methyl sites for hydroxylation is 1. The first-order valence-electron chi connectivity index (χ1n) is 7.90. The third kappa shape index (κ3) is 2.94. The van der Waals surface area contributed by atoms with E-state index >= 15 is 0 Å². The van der Waals surface area contributed by atoms with E-state index in [9.17, 15) is 0 Å². The molecule has 2 aromatic rings. The average molecular weight is 309 g/mol. The lowest BCUT2D eigenvalue weighted by Crippen LogP contribution is -2.19. The summed E-state index contributed by atoms with van der Waals surface area (Å²) >= 11 is 0. The molecule has 0 aromatic heterocycles. The van der Waals surface area contributed by atoms with Gasteiger partial charge in [0.25, 0.3) is 0 Å². The molecule has 1 unspecified atom stereocenters. The van der Waals surface area contributed by atoms with Crippen LogP contribution in [0.25, 0.3) is 0 Å². The van der Waals surface area contributed by atoms with E-state index in [4.69, 9.17) is 15.6 Å². The van der Waals surface area contributed by atoms with Crippen molar-refractivity contribution in [2.75, 3.05) is 18.7 Å². The van der Waals surface area contributed by atoms with Crippen LogP contribution in [-0.2, 0) is 0 Å². The molecule has 0 fully saturated rings. The lowest BCUT2D eigenvalue weighted by atomic mass is 10.00. The molecule has 0 saturated heterocycles. The van der Waals surface area contributed by atoms with E-state index in [1.54, 1.807) is 7.11 Å². The molecule has 1 atom stereocenters. The van der Waals surface area contributed by atoms with Gasteiger partial charge in [0.15, 0.2) is 0 Å². The Morgan fingerprint density at radius 1 is 1.22 bits per heavy atom. The van der Waals surface area contributed by atoms with E-state index in [1.165, 1.54) is 16.7 Å². The van der Waals surface area contributed by atoms with Gasteiger partial charge in [-0.1, -0.05) is 24.3 Å². The van der Waals surface area contributed by atoms with E-state index in [1.807, 2.05) is 12.1 Å². The highest BCUT2D eigenvalue weighted by atomic mass is 16.5. The van der Waals surface area contributed by atoms with Crippen LogP contribution in [0.4, 0.5) is 5.69 Å². The Kier molecular flexibility index (Phi) is 4.35. The first-order chi connectivity index (χ1) is 11.1. The summed E-state index contributed by atoms with van der Waals surface area (Å²) < 4.78 is 5.37. The van der Waals surface area contributed by atoms with Gasteiger partial charge in [0.05, 0.1) is 24.6 Å². The van der Waals surface area contributed by atoms with Crippen LogP contribution in [0.15, 0.2) is 47.6 Å². The quantitative estimate of drug-likeness (QED) is 0.939. The molecule has 1 aliphatic rings. The minimum Gasteiger partial charge on any atom is -0.497 e. The first-order valence-corrected chi connectivity index (χ1v) is 7.90. The number of methoxy groups -OCH3 is 1. The molecule has 2 N–H and O–H groups in total. The summed E-state index contributed by atoms with van der Waals surface area (Å²) in [5.74, 6) is 0.865. The van der Waals surface area contributed by atoms with Gasteiger partial charge in [-0.25, -0.2) is 0 Å². The van der Waals surface area contributed by atoms with Crippen molar-refractivity contribution in [3.63, 3.8) is 0 Å². The van der Waals surface area contributed by atoms with E-state index in [0.29, 0.717) is 6.54 Å². The molecule has 2 aromatic carbocycles. The fraction of sp³-hybridized carbons (Fsp3) is 0.316. The zero-order valence-electron chi connectivity index (χ0n) is 13.9. The van der Waals surface area contributed by atoms with Crippen molar-refractivity contribution in [2.45, 2.75) is 26.3 Å². The summed E-state index contributed by atoms with van der Waals surface area (Å²) in [7, 11) is 1.69. The molecule has 0 spiro atoms. The highest BCUT2D eigenvalue weighted by molar-refractivity contribution is 5.90. The number of benzene rings is 2. The van der Waals surface area contributed by atoms with E-state index in [-0.39, 0.29) is 6.04 Å². The van der Waals surface area contributed by atoms with E-state index in [2.05, 4.69) is 49.2 Å². The van der Waals surface area contributed by atoms with Gasteiger partial charge in [0.2, 0.25) is 0 Å². The predicted molar refractivity (Wildman–Crippen MR) is 95.2 cm³/mol. The normalized spacial score (nSPS) is 17.3. The Hall–Kier alpha value is -2.33. The summed E-state index contributed by atoms with van der Waals surface area (Å²) in [6.07, 6.45) is 0.844. The van der Waals surface area contributed by atoms with Gasteiger partial charge in [-0.05, 0) is 48.7 Å². The maximum atomic E-state index is 5.86. The summed E-state index contributed by atoms with van der Waals surface area (Å²) in [4.78, 5) is 0. The van der Waals surface area contributed by atoms with Gasteiger partial charge >= 0.3 is 0 Å². The van der Waals surface area contributed by atoms with Gasteiger partial charge < -0.3 is 10.5 Å². The molecule has 4 nitrogen and oxygen atoms in total. The van der Waals surface area contributed by atoms with Crippen molar-refractivity contribution >= 4 is 11.4 Å². The molecule has 0 saturated carbocycles. The molecular formula is C19H23N3O. The fourth-order valence-corrected chi connectivity index (χ4v) is 3.01. The van der Waals surface area contributed by atoms with Crippen molar-refractivity contribution < 1.29 is 4.74 Å². The van der Waals surface area contributed by atoms with Crippen molar-refractivity contribution in [2.24, 2.45) is 10.8 Å². The third-order valence-corrected chi connectivity index (χ3v) is 4.51. The number of nitrogens with two attached hydrogens (primary N) is 1. The van der Waals surface area contributed by atoms with Crippen LogP contribution in [0, 0.1) is 13.8 Å². The van der Waals surface area contributed by atoms with Crippen LogP contribution in [0.5, 0.6) is 5.75 Å². The zero-order valence-corrected chi connectivity index (χ0v) is 13.9. The van der Waals surface area contributed by atoms with Gasteiger partial charge in [-0.15, -0.1) is 0 Å². The number of anilines is 1. The smallest absolute Gasteiger partial charge is 0.119 e. The topological polar surface area (TPSA) is 50.9 Å². The van der Waals surface area contributed by atoms with E-state index in [0.717, 1.165) is 23.6 Å². The number of rotatable bonds is 4. The Morgan fingerprint density at radius 3 is 2.74 bits per heavy atom. The van der Waals surface area contributed by atoms with Crippen LogP contribution >= 0.6 is 0 Å². The van der Waals surface area contributed by atoms with Crippen molar-refractivity contribution in [1.29, 1.82) is 0 Å². The summed E-state index contributed by atoms with van der Waals surface area (Å²) in [6.45, 7) is 4.76. The largest absolute Gasteiger partial charge is 0.497 e. The van der Waals surface area contributed by atoms with Crippen LogP contribution in [0.1, 0.15) is 29.2 Å². The standard InChI is InChI=1S/C19H23N3O/c1-13-6-4-9-18(14(13)2)22-19(11-16(12-20)21-22)15-7-5-8-17(10-15)23-3/h4-10,19H,11-12,20H2,1-3H3. The highest BCUT2D eigenvalue weighted by Crippen LogP contribution is 2.38. The second kappa shape index (κ2) is 6.42. The summed E-state index contributed by atoms with van der Waals surface area (Å²) in [5, 5.41) is 6.89. The molecule has 120 valence electrons. The summed E-state index contributed by atoms with van der Waals surface area (Å²) in [6, 6.07) is 14.7. The number of hydrogen-bond donors (Lipinski definition) is 1. The Bertz CT molecular complexity index is 739. The number of nitrogens with zero attached hydrogens (tertiary/aromatic N) is 2. The fourth-order valence-electron chi connectivity index (χ4n) is 3.01. The van der Waals surface area contributed by atoms with E-state index < -0.39 is 0 Å². The van der Waals surface area contributed by atoms with Crippen molar-refractivity contribution in [1.82, 2.24) is 0 Å². The second-order valence-corrected chi connectivity index (χ2v) is 5.93. The van der Waals surface area contributed by atoms with Crippen LogP contribution in [0.3, 0.4) is 0 Å². The number of ether oxygens (including phenoxy) is 1. The van der Waals surface area contributed by atoms with Gasteiger partial charge in [-0.3, -0.25) is 5.01 Å². The molecule has 4 heteroatoms. The molecule has 0 aliphatic carbocycles. The van der Waals surface area contributed by atoms with Crippen LogP contribution < -0.4 is 15.5 Å². The number of hydrazone groups is 1. The van der Waals surface area contributed by atoms with Gasteiger partial charge in [0, 0.05) is 13.0 Å². The molecule has 1 aliphatic heterocycles. The maximum absolute atomic E-state index is 5.86. The Morgan fingerprint density at radius 2 is 2.00 bits per heavy atom. The SMILES string of the molecule is COc1cccc(C2CC(CN)=NN2c2cccc(C)c2C)c1. The van der Waals surface area contributed by atoms with Crippen LogP contribution in [0.2, 0.25) is 0 Å². The monoisotopic (exact) mass is 309 g/mol.